The van der Waals surface area contributed by atoms with Crippen molar-refractivity contribution in [2.75, 3.05) is 4.31 Å². The standard InChI is InChI=1S/C19H13ClF3NO2S/c20-14-6-9-18(23)19(10-14)27(25,26)24(17-3-1-2-16(22)11-17)12-13-4-7-15(21)8-5-13/h1-11H,12H2. The van der Waals surface area contributed by atoms with Crippen LogP contribution in [0.5, 0.6) is 0 Å². The summed E-state index contributed by atoms with van der Waals surface area (Å²) in [5.41, 5.74) is 0.436. The summed E-state index contributed by atoms with van der Waals surface area (Å²) >= 11 is 5.83. The Morgan fingerprint density at radius 1 is 0.852 bits per heavy atom. The Kier molecular flexibility index (Phi) is 5.43. The quantitative estimate of drug-likeness (QED) is 0.582. The maximum atomic E-state index is 14.2. The van der Waals surface area contributed by atoms with Crippen molar-refractivity contribution < 1.29 is 21.6 Å². The van der Waals surface area contributed by atoms with Crippen molar-refractivity contribution in [2.24, 2.45) is 0 Å². The topological polar surface area (TPSA) is 37.4 Å². The van der Waals surface area contributed by atoms with Gasteiger partial charge in [-0.25, -0.2) is 21.6 Å². The average Bonchev–Trinajstić information content (AvgIpc) is 2.63. The highest BCUT2D eigenvalue weighted by Crippen LogP contribution is 2.29. The van der Waals surface area contributed by atoms with Crippen LogP contribution in [0.4, 0.5) is 18.9 Å². The van der Waals surface area contributed by atoms with Crippen LogP contribution < -0.4 is 4.31 Å². The number of sulfonamides is 1. The van der Waals surface area contributed by atoms with Gasteiger partial charge in [-0.05, 0) is 54.1 Å². The van der Waals surface area contributed by atoms with Crippen LogP contribution in [0.2, 0.25) is 5.02 Å². The number of anilines is 1. The van der Waals surface area contributed by atoms with Gasteiger partial charge in [-0.2, -0.15) is 0 Å². The van der Waals surface area contributed by atoms with Crippen molar-refractivity contribution in [3.05, 3.63) is 94.8 Å². The second kappa shape index (κ2) is 7.62. The summed E-state index contributed by atoms with van der Waals surface area (Å²) in [5.74, 6) is -2.13. The molecule has 0 aliphatic carbocycles. The minimum Gasteiger partial charge on any atom is -0.262 e. The molecule has 140 valence electrons. The molecule has 3 nitrogen and oxygen atoms in total. The number of hydrogen-bond donors (Lipinski definition) is 0. The zero-order valence-corrected chi connectivity index (χ0v) is 15.3. The summed E-state index contributed by atoms with van der Waals surface area (Å²) in [6.07, 6.45) is 0. The Balaban J connectivity index is 2.13. The molecule has 0 bridgehead atoms. The molecule has 0 saturated carbocycles. The molecule has 8 heteroatoms. The Morgan fingerprint density at radius 2 is 1.56 bits per heavy atom. The highest BCUT2D eigenvalue weighted by molar-refractivity contribution is 7.92. The van der Waals surface area contributed by atoms with E-state index in [1.54, 1.807) is 0 Å². The first-order valence-corrected chi connectivity index (χ1v) is 9.57. The van der Waals surface area contributed by atoms with E-state index in [2.05, 4.69) is 0 Å². The van der Waals surface area contributed by atoms with Crippen LogP contribution in [0.1, 0.15) is 5.56 Å². The van der Waals surface area contributed by atoms with E-state index in [0.717, 1.165) is 28.6 Å². The SMILES string of the molecule is O=S(=O)(c1cc(Cl)ccc1F)N(Cc1ccc(F)cc1)c1cccc(F)c1. The zero-order valence-electron chi connectivity index (χ0n) is 13.7. The van der Waals surface area contributed by atoms with Gasteiger partial charge in [0.15, 0.2) is 0 Å². The number of hydrogen-bond acceptors (Lipinski definition) is 2. The van der Waals surface area contributed by atoms with Gasteiger partial charge in [-0.15, -0.1) is 0 Å². The van der Waals surface area contributed by atoms with Crippen LogP contribution in [0.3, 0.4) is 0 Å². The molecule has 0 aromatic heterocycles. The largest absolute Gasteiger partial charge is 0.267 e. The van der Waals surface area contributed by atoms with E-state index in [0.29, 0.717) is 5.56 Å². The Morgan fingerprint density at radius 3 is 2.22 bits per heavy atom. The van der Waals surface area contributed by atoms with E-state index in [-0.39, 0.29) is 17.3 Å². The number of benzene rings is 3. The van der Waals surface area contributed by atoms with E-state index < -0.39 is 32.4 Å². The fourth-order valence-electron chi connectivity index (χ4n) is 2.50. The van der Waals surface area contributed by atoms with Crippen LogP contribution in [0.15, 0.2) is 71.6 Å². The molecule has 3 aromatic carbocycles. The first-order chi connectivity index (χ1) is 12.8. The van der Waals surface area contributed by atoms with E-state index in [1.807, 2.05) is 0 Å². The lowest BCUT2D eigenvalue weighted by atomic mass is 10.2. The first-order valence-electron chi connectivity index (χ1n) is 7.75. The van der Waals surface area contributed by atoms with E-state index in [4.69, 9.17) is 11.6 Å². The van der Waals surface area contributed by atoms with Gasteiger partial charge in [0.05, 0.1) is 12.2 Å². The normalized spacial score (nSPS) is 11.4. The number of halogens is 4. The van der Waals surface area contributed by atoms with Gasteiger partial charge >= 0.3 is 0 Å². The molecular formula is C19H13ClF3NO2S. The van der Waals surface area contributed by atoms with Crippen molar-refractivity contribution >= 4 is 27.3 Å². The van der Waals surface area contributed by atoms with Gasteiger partial charge < -0.3 is 0 Å². The molecule has 0 amide bonds. The molecular weight excluding hydrogens is 399 g/mol. The molecule has 0 unspecified atom stereocenters. The highest BCUT2D eigenvalue weighted by Gasteiger charge is 2.29. The minimum atomic E-state index is -4.42. The fourth-order valence-corrected chi connectivity index (χ4v) is 4.27. The first kappa shape index (κ1) is 19.3. The summed E-state index contributed by atoms with van der Waals surface area (Å²) in [6, 6.07) is 13.2. The molecule has 27 heavy (non-hydrogen) atoms. The molecule has 3 aromatic rings. The molecule has 0 N–H and O–H groups in total. The zero-order chi connectivity index (χ0) is 19.6. The smallest absolute Gasteiger partial charge is 0.262 e. The minimum absolute atomic E-state index is 0.00120. The Bertz CT molecular complexity index is 1070. The van der Waals surface area contributed by atoms with Gasteiger partial charge in [0, 0.05) is 5.02 Å². The Hall–Kier alpha value is -2.51. The summed E-state index contributed by atoms with van der Waals surface area (Å²) < 4.78 is 68.1. The molecule has 0 heterocycles. The summed E-state index contributed by atoms with van der Waals surface area (Å²) in [7, 11) is -4.42. The van der Waals surface area contributed by atoms with Gasteiger partial charge in [0.2, 0.25) is 0 Å². The van der Waals surface area contributed by atoms with Crippen molar-refractivity contribution in [1.82, 2.24) is 0 Å². The maximum absolute atomic E-state index is 14.2. The van der Waals surface area contributed by atoms with E-state index in [1.165, 1.54) is 42.5 Å². The monoisotopic (exact) mass is 411 g/mol. The molecule has 0 aliphatic heterocycles. The summed E-state index contributed by atoms with van der Waals surface area (Å²) in [6.45, 7) is -0.252. The molecule has 3 rings (SSSR count). The summed E-state index contributed by atoms with van der Waals surface area (Å²) in [4.78, 5) is -0.638. The third-order valence-corrected chi connectivity index (χ3v) is 5.82. The van der Waals surface area contributed by atoms with Crippen LogP contribution in [-0.2, 0) is 16.6 Å². The molecule has 0 aliphatic rings. The predicted octanol–water partition coefficient (Wildman–Crippen LogP) is 5.15. The average molecular weight is 412 g/mol. The second-order valence-corrected chi connectivity index (χ2v) is 7.96. The van der Waals surface area contributed by atoms with Crippen molar-refractivity contribution in [1.29, 1.82) is 0 Å². The van der Waals surface area contributed by atoms with Gasteiger partial charge in [0.1, 0.15) is 22.3 Å². The lowest BCUT2D eigenvalue weighted by molar-refractivity contribution is 0.563. The maximum Gasteiger partial charge on any atom is 0.267 e. The van der Waals surface area contributed by atoms with Crippen molar-refractivity contribution in [3.63, 3.8) is 0 Å². The van der Waals surface area contributed by atoms with Crippen LogP contribution in [-0.4, -0.2) is 8.42 Å². The third kappa shape index (κ3) is 4.26. The predicted molar refractivity (Wildman–Crippen MR) is 97.6 cm³/mol. The van der Waals surface area contributed by atoms with Crippen LogP contribution in [0.25, 0.3) is 0 Å². The molecule has 0 spiro atoms. The van der Waals surface area contributed by atoms with Crippen LogP contribution in [0, 0.1) is 17.5 Å². The third-order valence-electron chi connectivity index (χ3n) is 3.80. The summed E-state index contributed by atoms with van der Waals surface area (Å²) in [5, 5.41) is 0.0379. The Labute approximate surface area is 159 Å². The number of nitrogens with zero attached hydrogens (tertiary/aromatic N) is 1. The molecule has 0 atom stereocenters. The lowest BCUT2D eigenvalue weighted by Crippen LogP contribution is -2.31. The molecule has 0 saturated heterocycles. The highest BCUT2D eigenvalue weighted by atomic mass is 35.5. The van der Waals surface area contributed by atoms with Crippen LogP contribution >= 0.6 is 11.6 Å². The second-order valence-electron chi connectivity index (χ2n) is 5.69. The van der Waals surface area contributed by atoms with E-state index >= 15 is 0 Å². The van der Waals surface area contributed by atoms with E-state index in [9.17, 15) is 21.6 Å². The van der Waals surface area contributed by atoms with Crippen molar-refractivity contribution in [2.45, 2.75) is 11.4 Å². The lowest BCUT2D eigenvalue weighted by Gasteiger charge is -2.25. The van der Waals surface area contributed by atoms with Crippen molar-refractivity contribution in [3.8, 4) is 0 Å². The molecule has 0 radical (unpaired) electrons. The van der Waals surface area contributed by atoms with Gasteiger partial charge in [-0.3, -0.25) is 4.31 Å². The van der Waals surface area contributed by atoms with Gasteiger partial charge in [0.25, 0.3) is 10.0 Å². The molecule has 0 fully saturated rings. The fraction of sp³-hybridized carbons (Fsp3) is 0.0526. The van der Waals surface area contributed by atoms with Gasteiger partial charge in [-0.1, -0.05) is 29.8 Å². The number of rotatable bonds is 5.